The lowest BCUT2D eigenvalue weighted by atomic mass is 9.82. The second kappa shape index (κ2) is 5.11. The van der Waals surface area contributed by atoms with Gasteiger partial charge in [0.15, 0.2) is 0 Å². The van der Waals surface area contributed by atoms with Crippen LogP contribution in [0.15, 0.2) is 52.9 Å². The molecule has 0 N–H and O–H groups in total. The van der Waals surface area contributed by atoms with Crippen molar-refractivity contribution < 1.29 is 4.42 Å². The van der Waals surface area contributed by atoms with Crippen molar-refractivity contribution >= 4 is 32.7 Å². The van der Waals surface area contributed by atoms with Crippen molar-refractivity contribution in [3.05, 3.63) is 59.7 Å². The Morgan fingerprint density at radius 2 is 1.40 bits per heavy atom. The lowest BCUT2D eigenvalue weighted by Crippen LogP contribution is -2.12. The zero-order chi connectivity index (χ0) is 18.0. The Hall–Kier alpha value is -2.28. The van der Waals surface area contributed by atoms with Crippen molar-refractivity contribution in [1.82, 2.24) is 0 Å². The summed E-state index contributed by atoms with van der Waals surface area (Å²) in [6.45, 7) is 13.6. The summed E-state index contributed by atoms with van der Waals surface area (Å²) < 4.78 is 6.39. The van der Waals surface area contributed by atoms with Crippen LogP contribution in [0.1, 0.15) is 52.7 Å². The van der Waals surface area contributed by atoms with E-state index in [0.717, 1.165) is 11.2 Å². The molecule has 1 nitrogen and oxygen atoms in total. The topological polar surface area (TPSA) is 13.1 Å². The average Bonchev–Trinajstić information content (AvgIpc) is 2.87. The summed E-state index contributed by atoms with van der Waals surface area (Å²) in [6, 6.07) is 17.6. The van der Waals surface area contributed by atoms with Crippen molar-refractivity contribution in [2.75, 3.05) is 0 Å². The van der Waals surface area contributed by atoms with Gasteiger partial charge in [-0.1, -0.05) is 71.9 Å². The van der Waals surface area contributed by atoms with E-state index in [2.05, 4.69) is 90.1 Å². The van der Waals surface area contributed by atoms with Gasteiger partial charge in [-0.2, -0.15) is 0 Å². The maximum absolute atomic E-state index is 6.39. The van der Waals surface area contributed by atoms with Crippen LogP contribution >= 0.6 is 0 Å². The molecule has 0 fully saturated rings. The van der Waals surface area contributed by atoms with Gasteiger partial charge < -0.3 is 4.42 Å². The molecule has 4 rings (SSSR count). The number of fused-ring (bicyclic) bond motifs is 4. The molecular weight excluding hydrogens is 304 g/mol. The minimum Gasteiger partial charge on any atom is -0.456 e. The van der Waals surface area contributed by atoms with E-state index < -0.39 is 0 Å². The third-order valence-electron chi connectivity index (χ3n) is 5.10. The molecule has 25 heavy (non-hydrogen) atoms. The fourth-order valence-electron chi connectivity index (χ4n) is 3.79. The summed E-state index contributed by atoms with van der Waals surface area (Å²) >= 11 is 0. The van der Waals surface area contributed by atoms with Gasteiger partial charge in [0.05, 0.1) is 0 Å². The highest BCUT2D eigenvalue weighted by atomic mass is 16.3. The van der Waals surface area contributed by atoms with Crippen molar-refractivity contribution in [3.63, 3.8) is 0 Å². The Kier molecular flexibility index (Phi) is 3.31. The molecule has 0 atom stereocenters. The second-order valence-corrected chi connectivity index (χ2v) is 9.16. The molecular formula is C24H26O. The summed E-state index contributed by atoms with van der Waals surface area (Å²) in [5.41, 5.74) is 4.79. The van der Waals surface area contributed by atoms with E-state index in [4.69, 9.17) is 4.42 Å². The quantitative estimate of drug-likeness (QED) is 0.329. The number of furan rings is 1. The van der Waals surface area contributed by atoms with E-state index in [1.54, 1.807) is 0 Å². The van der Waals surface area contributed by atoms with E-state index in [1.165, 1.54) is 32.7 Å². The highest BCUT2D eigenvalue weighted by molar-refractivity contribution is 6.12. The Bertz CT molecular complexity index is 1100. The maximum atomic E-state index is 6.39. The average molecular weight is 330 g/mol. The van der Waals surface area contributed by atoms with Crippen LogP contribution in [0.25, 0.3) is 32.7 Å². The predicted octanol–water partition coefficient (Wildman–Crippen LogP) is 7.33. The summed E-state index contributed by atoms with van der Waals surface area (Å²) in [5.74, 6) is 0. The molecule has 0 aliphatic heterocycles. The molecule has 0 saturated carbocycles. The van der Waals surface area contributed by atoms with Crippen LogP contribution in [-0.2, 0) is 10.8 Å². The minimum absolute atomic E-state index is 0.0137. The second-order valence-electron chi connectivity index (χ2n) is 9.16. The first-order valence-electron chi connectivity index (χ1n) is 9.05. The maximum Gasteiger partial charge on any atom is 0.139 e. The molecule has 4 aromatic rings. The minimum atomic E-state index is 0.0137. The fourth-order valence-corrected chi connectivity index (χ4v) is 3.79. The monoisotopic (exact) mass is 330 g/mol. The van der Waals surface area contributed by atoms with Crippen molar-refractivity contribution in [1.29, 1.82) is 0 Å². The highest BCUT2D eigenvalue weighted by Crippen LogP contribution is 2.41. The number of hydrogen-bond donors (Lipinski definition) is 0. The lowest BCUT2D eigenvalue weighted by molar-refractivity contribution is 0.577. The lowest BCUT2D eigenvalue weighted by Gasteiger charge is -2.21. The largest absolute Gasteiger partial charge is 0.456 e. The molecule has 0 spiro atoms. The number of rotatable bonds is 0. The third-order valence-corrected chi connectivity index (χ3v) is 5.10. The van der Waals surface area contributed by atoms with Gasteiger partial charge in [0.1, 0.15) is 11.2 Å². The molecule has 128 valence electrons. The number of hydrogen-bond acceptors (Lipinski definition) is 1. The predicted molar refractivity (Wildman–Crippen MR) is 109 cm³/mol. The fraction of sp³-hybridized carbons (Fsp3) is 0.333. The van der Waals surface area contributed by atoms with Gasteiger partial charge >= 0.3 is 0 Å². The first-order chi connectivity index (χ1) is 11.7. The van der Waals surface area contributed by atoms with Crippen LogP contribution in [0.2, 0.25) is 0 Å². The SMILES string of the molecule is CC(C)(C)c1ccc2oc3c(C(C)(C)C)c4ccccc4cc3c2c1. The standard InChI is InChI=1S/C24H26O/c1-23(2,3)16-11-12-20-18(14-16)19-13-15-9-7-8-10-17(15)21(22(19)25-20)24(4,5)6/h7-14H,1-6H3. The van der Waals surface area contributed by atoms with Crippen LogP contribution in [0, 0.1) is 0 Å². The molecule has 1 aromatic heterocycles. The van der Waals surface area contributed by atoms with Crippen molar-refractivity contribution in [2.45, 2.75) is 52.4 Å². The van der Waals surface area contributed by atoms with Crippen LogP contribution in [0.5, 0.6) is 0 Å². The van der Waals surface area contributed by atoms with Gasteiger partial charge in [0, 0.05) is 16.3 Å². The molecule has 0 saturated heterocycles. The Morgan fingerprint density at radius 3 is 2.08 bits per heavy atom. The molecule has 0 unspecified atom stereocenters. The molecule has 0 bridgehead atoms. The Labute approximate surface area is 149 Å². The van der Waals surface area contributed by atoms with Gasteiger partial charge in [0.2, 0.25) is 0 Å². The van der Waals surface area contributed by atoms with Gasteiger partial charge in [-0.3, -0.25) is 0 Å². The molecule has 3 aromatic carbocycles. The zero-order valence-electron chi connectivity index (χ0n) is 16.0. The third kappa shape index (κ3) is 2.54. The van der Waals surface area contributed by atoms with E-state index >= 15 is 0 Å². The molecule has 1 heterocycles. The Morgan fingerprint density at radius 1 is 0.680 bits per heavy atom. The summed E-state index contributed by atoms with van der Waals surface area (Å²) in [4.78, 5) is 0. The van der Waals surface area contributed by atoms with Gasteiger partial charge in [-0.25, -0.2) is 0 Å². The zero-order valence-corrected chi connectivity index (χ0v) is 16.0. The molecule has 1 heteroatoms. The van der Waals surface area contributed by atoms with E-state index in [9.17, 15) is 0 Å². The van der Waals surface area contributed by atoms with E-state index in [-0.39, 0.29) is 10.8 Å². The van der Waals surface area contributed by atoms with Crippen LogP contribution in [-0.4, -0.2) is 0 Å². The first kappa shape index (κ1) is 16.2. The van der Waals surface area contributed by atoms with Crippen molar-refractivity contribution in [2.24, 2.45) is 0 Å². The van der Waals surface area contributed by atoms with Gasteiger partial charge in [-0.15, -0.1) is 0 Å². The smallest absolute Gasteiger partial charge is 0.139 e. The Balaban J connectivity index is 2.20. The van der Waals surface area contributed by atoms with E-state index in [1.807, 2.05) is 0 Å². The summed E-state index contributed by atoms with van der Waals surface area (Å²) in [6.07, 6.45) is 0. The molecule has 0 aliphatic rings. The van der Waals surface area contributed by atoms with E-state index in [0.29, 0.717) is 0 Å². The normalized spacial score (nSPS) is 13.2. The van der Waals surface area contributed by atoms with Gasteiger partial charge in [0.25, 0.3) is 0 Å². The van der Waals surface area contributed by atoms with Crippen molar-refractivity contribution in [3.8, 4) is 0 Å². The van der Waals surface area contributed by atoms with Crippen LogP contribution in [0.3, 0.4) is 0 Å². The summed E-state index contributed by atoms with van der Waals surface area (Å²) in [5, 5.41) is 5.02. The molecule has 0 amide bonds. The summed E-state index contributed by atoms with van der Waals surface area (Å²) in [7, 11) is 0. The molecule has 0 aliphatic carbocycles. The first-order valence-corrected chi connectivity index (χ1v) is 9.05. The van der Waals surface area contributed by atoms with Gasteiger partial charge in [-0.05, 0) is 45.4 Å². The number of benzene rings is 3. The highest BCUT2D eigenvalue weighted by Gasteiger charge is 2.24. The van der Waals surface area contributed by atoms with Crippen LogP contribution in [0.4, 0.5) is 0 Å². The molecule has 0 radical (unpaired) electrons. The van der Waals surface area contributed by atoms with Crippen LogP contribution < -0.4 is 0 Å².